The monoisotopic (exact) mass is 495 g/mol. The summed E-state index contributed by atoms with van der Waals surface area (Å²) in [4.78, 5) is 25.6. The van der Waals surface area contributed by atoms with Crippen molar-refractivity contribution in [1.29, 1.82) is 0 Å². The van der Waals surface area contributed by atoms with Gasteiger partial charge in [0.1, 0.15) is 22.8 Å². The summed E-state index contributed by atoms with van der Waals surface area (Å²) in [5, 5.41) is 3.32. The normalized spacial score (nSPS) is 23.1. The number of rotatable bonds is 5. The summed E-state index contributed by atoms with van der Waals surface area (Å²) >= 11 is 5.85. The quantitative estimate of drug-likeness (QED) is 0.681. The van der Waals surface area contributed by atoms with Gasteiger partial charge in [-0.2, -0.15) is 0 Å². The molecule has 1 N–H and O–H groups in total. The van der Waals surface area contributed by atoms with Crippen molar-refractivity contribution in [3.05, 3.63) is 41.6 Å². The third-order valence-electron chi connectivity index (χ3n) is 6.42. The highest BCUT2D eigenvalue weighted by molar-refractivity contribution is 7.90. The highest BCUT2D eigenvalue weighted by Crippen LogP contribution is 2.37. The molecule has 3 heterocycles. The highest BCUT2D eigenvalue weighted by atomic mass is 35.5. The molecule has 2 atom stereocenters. The number of hydrogen-bond acceptors (Lipinski definition) is 7. The number of carbonyl (C=O) groups excluding carboxylic acids is 1. The van der Waals surface area contributed by atoms with Crippen molar-refractivity contribution in [2.75, 3.05) is 36.1 Å². The van der Waals surface area contributed by atoms with Gasteiger partial charge in [0.15, 0.2) is 9.84 Å². The van der Waals surface area contributed by atoms with Gasteiger partial charge in [0.25, 0.3) is 0 Å². The molecule has 2 aliphatic rings. The average Bonchev–Trinajstić information content (AvgIpc) is 3.08. The number of anilines is 2. The van der Waals surface area contributed by atoms with Gasteiger partial charge in [-0.1, -0.05) is 25.4 Å². The number of hydrogen-bond donors (Lipinski definition) is 1. The van der Waals surface area contributed by atoms with Gasteiger partial charge in [-0.25, -0.2) is 22.8 Å². The summed E-state index contributed by atoms with van der Waals surface area (Å²) in [5.74, 6) is -0.00693. The summed E-state index contributed by atoms with van der Waals surface area (Å²) in [5.41, 5.74) is -0.0787. The molecule has 4 rings (SSSR count). The Kier molecular flexibility index (Phi) is 6.26. The number of amides is 1. The van der Waals surface area contributed by atoms with Crippen LogP contribution in [0.2, 0.25) is 5.15 Å². The van der Waals surface area contributed by atoms with E-state index in [1.807, 2.05) is 4.90 Å². The van der Waals surface area contributed by atoms with Crippen molar-refractivity contribution in [2.24, 2.45) is 5.41 Å². The van der Waals surface area contributed by atoms with Crippen LogP contribution in [0.25, 0.3) is 0 Å². The van der Waals surface area contributed by atoms with Crippen molar-refractivity contribution < 1.29 is 17.6 Å². The first-order valence-corrected chi connectivity index (χ1v) is 13.0. The van der Waals surface area contributed by atoms with E-state index in [4.69, 9.17) is 11.6 Å². The summed E-state index contributed by atoms with van der Waals surface area (Å²) < 4.78 is 37.8. The number of nitrogens with one attached hydrogen (secondary N) is 1. The predicted molar refractivity (Wildman–Crippen MR) is 125 cm³/mol. The van der Waals surface area contributed by atoms with Crippen molar-refractivity contribution in [3.8, 4) is 0 Å². The van der Waals surface area contributed by atoms with Crippen LogP contribution in [0, 0.1) is 11.2 Å². The first-order valence-electron chi connectivity index (χ1n) is 10.7. The van der Waals surface area contributed by atoms with Crippen LogP contribution >= 0.6 is 11.6 Å². The molecule has 1 aromatic carbocycles. The van der Waals surface area contributed by atoms with Crippen LogP contribution in [0.5, 0.6) is 0 Å². The second-order valence-electron chi connectivity index (χ2n) is 9.34. The molecular weight excluding hydrogens is 469 g/mol. The van der Waals surface area contributed by atoms with Gasteiger partial charge < -0.3 is 15.1 Å². The maximum atomic E-state index is 14.5. The molecule has 2 aliphatic heterocycles. The molecule has 2 aromatic rings. The molecule has 178 valence electrons. The first kappa shape index (κ1) is 23.7. The van der Waals surface area contributed by atoms with E-state index < -0.39 is 21.7 Å². The van der Waals surface area contributed by atoms with Crippen LogP contribution in [0.1, 0.15) is 26.7 Å². The fraction of sp³-hybridized carbons (Fsp3) is 0.500. The maximum absolute atomic E-state index is 14.5. The van der Waals surface area contributed by atoms with E-state index in [9.17, 15) is 17.6 Å². The fourth-order valence-corrected chi connectivity index (χ4v) is 5.49. The summed E-state index contributed by atoms with van der Waals surface area (Å²) in [6, 6.07) is 3.17. The number of piperidine rings is 1. The van der Waals surface area contributed by atoms with Gasteiger partial charge >= 0.3 is 0 Å². The summed E-state index contributed by atoms with van der Waals surface area (Å²) in [6.45, 7) is 6.27. The zero-order chi connectivity index (χ0) is 24.0. The lowest BCUT2D eigenvalue weighted by molar-refractivity contribution is -0.133. The summed E-state index contributed by atoms with van der Waals surface area (Å²) in [7, 11) is -3.51. The minimum Gasteiger partial charge on any atom is -0.371 e. The zero-order valence-electron chi connectivity index (χ0n) is 18.8. The smallest absolute Gasteiger partial charge is 0.245 e. The van der Waals surface area contributed by atoms with Gasteiger partial charge in [-0.15, -0.1) is 0 Å². The molecule has 2 saturated heterocycles. The number of carbonyl (C=O) groups is 1. The Morgan fingerprint density at radius 2 is 1.94 bits per heavy atom. The molecule has 0 aliphatic carbocycles. The summed E-state index contributed by atoms with van der Waals surface area (Å²) in [6.07, 6.45) is 5.53. The number of nitrogens with zero attached hydrogens (tertiary/aromatic N) is 4. The highest BCUT2D eigenvalue weighted by Gasteiger charge is 2.45. The van der Waals surface area contributed by atoms with Gasteiger partial charge in [-0.05, 0) is 31.0 Å². The van der Waals surface area contributed by atoms with Crippen LogP contribution in [0.15, 0.2) is 35.5 Å². The Morgan fingerprint density at radius 1 is 1.18 bits per heavy atom. The Balaban J connectivity index is 1.44. The Bertz CT molecular complexity index is 1160. The third-order valence-corrected chi connectivity index (χ3v) is 7.72. The molecular formula is C22H27ClFN5O3S. The number of aromatic nitrogens is 2. The van der Waals surface area contributed by atoms with E-state index in [1.54, 1.807) is 6.20 Å². The number of halogens is 2. The van der Waals surface area contributed by atoms with Gasteiger partial charge in [0.05, 0.1) is 23.0 Å². The number of likely N-dealkylation sites (tertiary alicyclic amines) is 1. The molecule has 11 heteroatoms. The molecule has 33 heavy (non-hydrogen) atoms. The Morgan fingerprint density at radius 3 is 2.55 bits per heavy atom. The standard InChI is InChI=1S/C22H27ClFN5O3S/c1-22(2)13-28(20-12-25-19(23)11-26-20)8-7-18(22)29-9-6-17(21(29)30)27-16-5-4-14(10-15(16)24)33(3,31)32/h4-5,10-12,17-18,27H,6-9,13H2,1-3H3. The van der Waals surface area contributed by atoms with Crippen LogP contribution in [0.4, 0.5) is 15.9 Å². The lowest BCUT2D eigenvalue weighted by Crippen LogP contribution is -2.57. The minimum atomic E-state index is -3.51. The lowest BCUT2D eigenvalue weighted by atomic mass is 9.78. The molecule has 2 fully saturated rings. The van der Waals surface area contributed by atoms with E-state index >= 15 is 0 Å². The van der Waals surface area contributed by atoms with Crippen LogP contribution in [-0.2, 0) is 14.6 Å². The van der Waals surface area contributed by atoms with E-state index in [0.29, 0.717) is 24.7 Å². The number of sulfone groups is 1. The largest absolute Gasteiger partial charge is 0.371 e. The molecule has 0 saturated carbocycles. The Hall–Kier alpha value is -2.46. The van der Waals surface area contributed by atoms with Gasteiger partial charge in [0, 0.05) is 37.3 Å². The van der Waals surface area contributed by atoms with Crippen LogP contribution < -0.4 is 10.2 Å². The SMILES string of the molecule is CC1(C)CN(c2cnc(Cl)cn2)CCC1N1CCC(Nc2ccc(S(C)(=O)=O)cc2F)C1=O. The van der Waals surface area contributed by atoms with Crippen molar-refractivity contribution in [1.82, 2.24) is 14.9 Å². The van der Waals surface area contributed by atoms with E-state index in [1.165, 1.54) is 18.3 Å². The van der Waals surface area contributed by atoms with Crippen molar-refractivity contribution >= 4 is 38.9 Å². The van der Waals surface area contributed by atoms with Crippen LogP contribution in [0.3, 0.4) is 0 Å². The zero-order valence-corrected chi connectivity index (χ0v) is 20.3. The molecule has 0 spiro atoms. The topological polar surface area (TPSA) is 95.5 Å². The van der Waals surface area contributed by atoms with Crippen LogP contribution in [-0.4, -0.2) is 67.2 Å². The predicted octanol–water partition coefficient (Wildman–Crippen LogP) is 2.99. The molecule has 1 aromatic heterocycles. The van der Waals surface area contributed by atoms with E-state index in [-0.39, 0.29) is 27.9 Å². The first-order chi connectivity index (χ1) is 15.5. The molecule has 1 amide bonds. The van der Waals surface area contributed by atoms with Crippen molar-refractivity contribution in [3.63, 3.8) is 0 Å². The van der Waals surface area contributed by atoms with E-state index in [0.717, 1.165) is 31.1 Å². The number of benzene rings is 1. The average molecular weight is 496 g/mol. The van der Waals surface area contributed by atoms with Crippen molar-refractivity contribution in [2.45, 2.75) is 43.7 Å². The fourth-order valence-electron chi connectivity index (χ4n) is 4.76. The van der Waals surface area contributed by atoms with Gasteiger partial charge in [-0.3, -0.25) is 4.79 Å². The second-order valence-corrected chi connectivity index (χ2v) is 11.7. The molecule has 2 unspecified atom stereocenters. The molecule has 0 radical (unpaired) electrons. The molecule has 0 bridgehead atoms. The maximum Gasteiger partial charge on any atom is 0.245 e. The Labute approximate surface area is 198 Å². The lowest BCUT2D eigenvalue weighted by Gasteiger charge is -2.48. The van der Waals surface area contributed by atoms with Gasteiger partial charge in [0.2, 0.25) is 5.91 Å². The molecule has 8 nitrogen and oxygen atoms in total. The minimum absolute atomic E-state index is 0.0331. The second kappa shape index (κ2) is 8.72. The van der Waals surface area contributed by atoms with E-state index in [2.05, 4.69) is 34.0 Å². The third kappa shape index (κ3) is 4.91.